The Morgan fingerprint density at radius 3 is 2.33 bits per heavy atom. The Morgan fingerprint density at radius 1 is 0.963 bits per heavy atom. The number of hydrogen-bond donors (Lipinski definition) is 2. The van der Waals surface area contributed by atoms with Gasteiger partial charge in [-0.1, -0.05) is 60.7 Å². The molecule has 2 unspecified atom stereocenters. The van der Waals surface area contributed by atoms with Crippen LogP contribution < -0.4 is 0 Å². The lowest BCUT2D eigenvalue weighted by Crippen LogP contribution is -2.21. The van der Waals surface area contributed by atoms with E-state index >= 15 is 0 Å². The Kier molecular flexibility index (Phi) is 6.38. The van der Waals surface area contributed by atoms with Crippen molar-refractivity contribution in [1.29, 1.82) is 0 Å². The molecular formula is C21H21O4PS. The zero-order chi connectivity index (χ0) is 19.3. The smallest absolute Gasteiger partial charge is 0.307 e. The summed E-state index contributed by atoms with van der Waals surface area (Å²) in [6.45, 7) is 0. The highest BCUT2D eigenvalue weighted by Crippen LogP contribution is 2.48. The third-order valence-electron chi connectivity index (χ3n) is 4.33. The third-order valence-corrected chi connectivity index (χ3v) is 8.06. The van der Waals surface area contributed by atoms with E-state index in [0.29, 0.717) is 0 Å². The molecule has 2 atom stereocenters. The van der Waals surface area contributed by atoms with Crippen molar-refractivity contribution in [2.75, 3.05) is 11.7 Å². The van der Waals surface area contributed by atoms with Gasteiger partial charge in [0, 0.05) is 11.1 Å². The van der Waals surface area contributed by atoms with Crippen molar-refractivity contribution in [3.63, 3.8) is 0 Å². The van der Waals surface area contributed by atoms with Gasteiger partial charge in [-0.2, -0.15) is 0 Å². The first kappa shape index (κ1) is 19.7. The van der Waals surface area contributed by atoms with Crippen LogP contribution >= 0.6 is 19.1 Å². The molecule has 0 spiro atoms. The first-order valence-corrected chi connectivity index (χ1v) is 11.6. The van der Waals surface area contributed by atoms with E-state index in [1.165, 1.54) is 11.8 Å². The van der Waals surface area contributed by atoms with Crippen LogP contribution in [0.1, 0.15) is 5.56 Å². The molecule has 3 rings (SSSR count). The van der Waals surface area contributed by atoms with Crippen molar-refractivity contribution in [3.05, 3.63) is 78.4 Å². The van der Waals surface area contributed by atoms with Crippen molar-refractivity contribution in [2.45, 2.75) is 11.3 Å². The summed E-state index contributed by atoms with van der Waals surface area (Å²) in [4.78, 5) is 22.8. The van der Waals surface area contributed by atoms with Gasteiger partial charge >= 0.3 is 5.97 Å². The van der Waals surface area contributed by atoms with Crippen LogP contribution in [0.25, 0.3) is 10.8 Å². The quantitative estimate of drug-likeness (QED) is 0.406. The van der Waals surface area contributed by atoms with E-state index in [-0.39, 0.29) is 18.1 Å². The Bertz CT molecular complexity index is 974. The molecule has 0 heterocycles. The van der Waals surface area contributed by atoms with E-state index in [9.17, 15) is 19.4 Å². The number of carboxylic acid groups (broad SMARTS) is 1. The normalized spacial score (nSPS) is 14.6. The molecule has 0 saturated heterocycles. The van der Waals surface area contributed by atoms with Crippen molar-refractivity contribution < 1.29 is 19.4 Å². The van der Waals surface area contributed by atoms with Gasteiger partial charge in [0.25, 0.3) is 0 Å². The average Bonchev–Trinajstić information content (AvgIpc) is 2.66. The van der Waals surface area contributed by atoms with E-state index in [0.717, 1.165) is 21.2 Å². The summed E-state index contributed by atoms with van der Waals surface area (Å²) in [6, 6.07) is 23.0. The minimum atomic E-state index is -3.58. The molecule has 140 valence electrons. The summed E-state index contributed by atoms with van der Waals surface area (Å²) in [5.41, 5.74) is 0.858. The Balaban J connectivity index is 1.65. The molecule has 0 radical (unpaired) electrons. The molecule has 0 aliphatic rings. The van der Waals surface area contributed by atoms with Gasteiger partial charge < -0.3 is 10.00 Å². The van der Waals surface area contributed by atoms with Crippen molar-refractivity contribution >= 4 is 35.9 Å². The van der Waals surface area contributed by atoms with Gasteiger partial charge in [-0.3, -0.25) is 9.36 Å². The molecule has 0 amide bonds. The summed E-state index contributed by atoms with van der Waals surface area (Å²) >= 11 is 1.30. The molecule has 0 aliphatic carbocycles. The topological polar surface area (TPSA) is 74.6 Å². The van der Waals surface area contributed by atoms with Crippen LogP contribution in [0.2, 0.25) is 0 Å². The van der Waals surface area contributed by atoms with Gasteiger partial charge in [0.15, 0.2) is 0 Å². The SMILES string of the molecule is O=C(O)C(Cc1ccccc1)CP(=O)(O)CSc1ccc2ccccc2c1. The molecule has 0 saturated carbocycles. The van der Waals surface area contributed by atoms with E-state index < -0.39 is 19.3 Å². The number of fused-ring (bicyclic) bond motifs is 1. The molecule has 3 aromatic rings. The van der Waals surface area contributed by atoms with Crippen molar-refractivity contribution in [3.8, 4) is 0 Å². The van der Waals surface area contributed by atoms with Crippen molar-refractivity contribution in [2.24, 2.45) is 5.92 Å². The van der Waals surface area contributed by atoms with E-state index in [2.05, 4.69) is 0 Å². The van der Waals surface area contributed by atoms with E-state index in [1.54, 1.807) is 0 Å². The summed E-state index contributed by atoms with van der Waals surface area (Å²) in [5.74, 6) is -1.91. The molecule has 2 N–H and O–H groups in total. The number of benzene rings is 3. The van der Waals surface area contributed by atoms with Gasteiger partial charge in [-0.05, 0) is 34.9 Å². The number of thioether (sulfide) groups is 1. The lowest BCUT2D eigenvalue weighted by atomic mass is 10.0. The fourth-order valence-electron chi connectivity index (χ4n) is 2.96. The van der Waals surface area contributed by atoms with Gasteiger partial charge in [0.2, 0.25) is 7.37 Å². The first-order chi connectivity index (χ1) is 12.9. The van der Waals surface area contributed by atoms with Crippen LogP contribution in [-0.2, 0) is 15.8 Å². The maximum atomic E-state index is 12.6. The standard InChI is InChI=1S/C21H21O4PS/c22-21(23)19(12-16-6-2-1-3-7-16)14-26(24,25)15-27-20-11-10-17-8-4-5-9-18(17)13-20/h1-11,13,19H,12,14-15H2,(H,22,23)(H,24,25). The lowest BCUT2D eigenvalue weighted by Gasteiger charge is -2.17. The number of carboxylic acids is 1. The van der Waals surface area contributed by atoms with Crippen LogP contribution in [-0.4, -0.2) is 27.6 Å². The van der Waals surface area contributed by atoms with Gasteiger partial charge in [0.1, 0.15) is 0 Å². The minimum absolute atomic E-state index is 0.00388. The molecule has 0 bridgehead atoms. The fourth-order valence-corrected chi connectivity index (χ4v) is 6.13. The highest BCUT2D eigenvalue weighted by Gasteiger charge is 2.29. The number of carbonyl (C=O) groups is 1. The molecule has 6 heteroatoms. The lowest BCUT2D eigenvalue weighted by molar-refractivity contribution is -0.141. The Morgan fingerprint density at radius 2 is 1.63 bits per heavy atom. The van der Waals surface area contributed by atoms with Gasteiger partial charge in [-0.15, -0.1) is 11.8 Å². The Labute approximate surface area is 162 Å². The molecular weight excluding hydrogens is 379 g/mol. The Hall–Kier alpha value is -2.07. The summed E-state index contributed by atoms with van der Waals surface area (Å²) in [7, 11) is -3.58. The second kappa shape index (κ2) is 8.75. The number of hydrogen-bond acceptors (Lipinski definition) is 3. The second-order valence-corrected chi connectivity index (χ2v) is 10.4. The van der Waals surface area contributed by atoms with Crippen LogP contribution in [0.15, 0.2) is 77.7 Å². The average molecular weight is 400 g/mol. The molecule has 0 fully saturated rings. The fraction of sp³-hybridized carbons (Fsp3) is 0.190. The monoisotopic (exact) mass is 400 g/mol. The number of aliphatic carboxylic acids is 1. The first-order valence-electron chi connectivity index (χ1n) is 8.62. The van der Waals surface area contributed by atoms with Crippen LogP contribution in [0.3, 0.4) is 0 Å². The maximum Gasteiger partial charge on any atom is 0.307 e. The largest absolute Gasteiger partial charge is 0.481 e. The summed E-state index contributed by atoms with van der Waals surface area (Å²) in [6.07, 6.45) is 0.0270. The zero-order valence-corrected chi connectivity index (χ0v) is 16.4. The molecule has 0 aromatic heterocycles. The number of rotatable bonds is 8. The second-order valence-electron chi connectivity index (χ2n) is 6.54. The van der Waals surface area contributed by atoms with Crippen molar-refractivity contribution in [1.82, 2.24) is 0 Å². The van der Waals surface area contributed by atoms with Crippen LogP contribution in [0.5, 0.6) is 0 Å². The predicted octanol–water partition coefficient (Wildman–Crippen LogP) is 5.10. The van der Waals surface area contributed by atoms with Crippen LogP contribution in [0, 0.1) is 5.92 Å². The zero-order valence-electron chi connectivity index (χ0n) is 14.7. The maximum absolute atomic E-state index is 12.6. The predicted molar refractivity (Wildman–Crippen MR) is 111 cm³/mol. The van der Waals surface area contributed by atoms with Gasteiger partial charge in [-0.25, -0.2) is 0 Å². The summed E-state index contributed by atoms with van der Waals surface area (Å²) in [5, 5.41) is 11.6. The van der Waals surface area contributed by atoms with E-state index in [1.807, 2.05) is 72.8 Å². The highest BCUT2D eigenvalue weighted by molar-refractivity contribution is 8.05. The third kappa shape index (κ3) is 5.70. The van der Waals surface area contributed by atoms with Gasteiger partial charge in [0.05, 0.1) is 11.4 Å². The molecule has 27 heavy (non-hydrogen) atoms. The molecule has 0 aliphatic heterocycles. The molecule has 4 nitrogen and oxygen atoms in total. The molecule has 3 aromatic carbocycles. The summed E-state index contributed by atoms with van der Waals surface area (Å²) < 4.78 is 12.6. The minimum Gasteiger partial charge on any atom is -0.481 e. The highest BCUT2D eigenvalue weighted by atomic mass is 32.2. The van der Waals surface area contributed by atoms with E-state index in [4.69, 9.17) is 0 Å². The van der Waals surface area contributed by atoms with Crippen LogP contribution in [0.4, 0.5) is 0 Å².